The smallest absolute Gasteiger partial charge is 0.413 e. The van der Waals surface area contributed by atoms with Crippen molar-refractivity contribution >= 4 is 11.9 Å². The van der Waals surface area contributed by atoms with Gasteiger partial charge in [0.05, 0.1) is 6.20 Å². The number of H-pyrrole nitrogens is 1. The minimum atomic E-state index is -0.516. The quantitative estimate of drug-likeness (QED) is 0.770. The summed E-state index contributed by atoms with van der Waals surface area (Å²) in [6.45, 7) is 8.45. The van der Waals surface area contributed by atoms with E-state index in [-0.39, 0.29) is 0 Å². The van der Waals surface area contributed by atoms with Crippen LogP contribution in [0.15, 0.2) is 6.20 Å². The van der Waals surface area contributed by atoms with Crippen molar-refractivity contribution in [2.24, 2.45) is 5.92 Å². The molecule has 1 aromatic rings. The van der Waals surface area contributed by atoms with Crippen LogP contribution in [-0.4, -0.2) is 27.9 Å². The molecule has 1 aromatic heterocycles. The molecule has 1 fully saturated rings. The predicted octanol–water partition coefficient (Wildman–Crippen LogP) is 3.82. The maximum absolute atomic E-state index is 11.9. The van der Waals surface area contributed by atoms with Crippen LogP contribution in [0.5, 0.6) is 0 Å². The zero-order valence-electron chi connectivity index (χ0n) is 14.7. The minimum absolute atomic E-state index is 0.469. The van der Waals surface area contributed by atoms with E-state index in [0.29, 0.717) is 18.4 Å². The van der Waals surface area contributed by atoms with Gasteiger partial charge in [-0.1, -0.05) is 19.3 Å². The fourth-order valence-electron chi connectivity index (χ4n) is 3.03. The number of hydrogen-bond acceptors (Lipinski definition) is 4. The third kappa shape index (κ3) is 5.86. The lowest BCUT2D eigenvalue weighted by atomic mass is 9.84. The highest BCUT2D eigenvalue weighted by molar-refractivity contribution is 5.84. The SMILES string of the molecule is CC(NCc1cn[nH]c1NC(=O)OC(C)(C)C)C1CCCCC1. The molecule has 1 atom stereocenters. The lowest BCUT2D eigenvalue weighted by Gasteiger charge is -2.28. The second-order valence-corrected chi connectivity index (χ2v) is 7.46. The van der Waals surface area contributed by atoms with Crippen molar-refractivity contribution in [2.75, 3.05) is 5.32 Å². The van der Waals surface area contributed by atoms with E-state index < -0.39 is 11.7 Å². The average molecular weight is 322 g/mol. The van der Waals surface area contributed by atoms with Crippen molar-refractivity contribution < 1.29 is 9.53 Å². The first-order valence-corrected chi connectivity index (χ1v) is 8.61. The molecular formula is C17H30N4O2. The van der Waals surface area contributed by atoms with Gasteiger partial charge in [0, 0.05) is 18.2 Å². The van der Waals surface area contributed by atoms with Crippen LogP contribution in [0, 0.1) is 5.92 Å². The average Bonchev–Trinajstić information content (AvgIpc) is 2.90. The van der Waals surface area contributed by atoms with E-state index in [1.807, 2.05) is 20.8 Å². The molecule has 1 heterocycles. The van der Waals surface area contributed by atoms with E-state index in [9.17, 15) is 4.79 Å². The van der Waals surface area contributed by atoms with Crippen LogP contribution in [0.1, 0.15) is 65.4 Å². The Labute approximate surface area is 138 Å². The molecule has 0 aromatic carbocycles. The van der Waals surface area contributed by atoms with Crippen molar-refractivity contribution in [3.8, 4) is 0 Å². The van der Waals surface area contributed by atoms with Gasteiger partial charge in [0.1, 0.15) is 11.4 Å². The minimum Gasteiger partial charge on any atom is -0.444 e. The fraction of sp³-hybridized carbons (Fsp3) is 0.765. The van der Waals surface area contributed by atoms with E-state index in [2.05, 4.69) is 27.8 Å². The number of aromatic nitrogens is 2. The standard InChI is InChI=1S/C17H30N4O2/c1-12(13-8-6-5-7-9-13)18-10-14-11-19-21-15(14)20-16(22)23-17(2,3)4/h11-13,18H,5-10H2,1-4H3,(H2,19,20,21,22). The molecule has 1 amide bonds. The first kappa shape index (κ1) is 17.8. The van der Waals surface area contributed by atoms with Crippen LogP contribution < -0.4 is 10.6 Å². The summed E-state index contributed by atoms with van der Waals surface area (Å²) in [6, 6.07) is 0.472. The Kier molecular flexibility index (Phi) is 6.04. The third-order valence-electron chi connectivity index (χ3n) is 4.32. The van der Waals surface area contributed by atoms with Crippen molar-refractivity contribution in [2.45, 2.75) is 78.0 Å². The number of carbonyl (C=O) groups excluding carboxylic acids is 1. The van der Waals surface area contributed by atoms with Crippen molar-refractivity contribution in [1.29, 1.82) is 0 Å². The van der Waals surface area contributed by atoms with Gasteiger partial charge >= 0.3 is 6.09 Å². The van der Waals surface area contributed by atoms with Crippen molar-refractivity contribution in [3.05, 3.63) is 11.8 Å². The number of aromatic amines is 1. The van der Waals surface area contributed by atoms with Gasteiger partial charge in [0.15, 0.2) is 0 Å². The number of hydrogen-bond donors (Lipinski definition) is 3. The summed E-state index contributed by atoms with van der Waals surface area (Å²) in [7, 11) is 0. The Morgan fingerprint density at radius 1 is 1.39 bits per heavy atom. The Bertz CT molecular complexity index is 501. The van der Waals surface area contributed by atoms with Gasteiger partial charge in [-0.3, -0.25) is 10.4 Å². The number of carbonyl (C=O) groups is 1. The van der Waals surface area contributed by atoms with Crippen molar-refractivity contribution in [1.82, 2.24) is 15.5 Å². The second-order valence-electron chi connectivity index (χ2n) is 7.46. The van der Waals surface area contributed by atoms with Gasteiger partial charge in [0.2, 0.25) is 0 Å². The summed E-state index contributed by atoms with van der Waals surface area (Å²) >= 11 is 0. The van der Waals surface area contributed by atoms with Crippen LogP contribution in [0.25, 0.3) is 0 Å². The molecule has 1 saturated carbocycles. The molecule has 0 spiro atoms. The Balaban J connectivity index is 1.84. The van der Waals surface area contributed by atoms with E-state index in [4.69, 9.17) is 4.74 Å². The molecular weight excluding hydrogens is 292 g/mol. The van der Waals surface area contributed by atoms with Gasteiger partial charge < -0.3 is 10.1 Å². The van der Waals surface area contributed by atoms with E-state index >= 15 is 0 Å². The lowest BCUT2D eigenvalue weighted by Crippen LogP contribution is -2.34. The largest absolute Gasteiger partial charge is 0.444 e. The van der Waals surface area contributed by atoms with Crippen LogP contribution >= 0.6 is 0 Å². The predicted molar refractivity (Wildman–Crippen MR) is 91.3 cm³/mol. The van der Waals surface area contributed by atoms with Crippen LogP contribution in [0.2, 0.25) is 0 Å². The highest BCUT2D eigenvalue weighted by atomic mass is 16.6. The van der Waals surface area contributed by atoms with Gasteiger partial charge in [-0.2, -0.15) is 5.10 Å². The monoisotopic (exact) mass is 322 g/mol. The third-order valence-corrected chi connectivity index (χ3v) is 4.32. The molecule has 3 N–H and O–H groups in total. The van der Waals surface area contributed by atoms with Gasteiger partial charge in [0.25, 0.3) is 0 Å². The van der Waals surface area contributed by atoms with Crippen LogP contribution in [0.3, 0.4) is 0 Å². The van der Waals surface area contributed by atoms with Crippen LogP contribution in [-0.2, 0) is 11.3 Å². The summed E-state index contributed by atoms with van der Waals surface area (Å²) in [5, 5.41) is 13.1. The van der Waals surface area contributed by atoms with E-state index in [1.165, 1.54) is 32.1 Å². The van der Waals surface area contributed by atoms with Crippen LogP contribution in [0.4, 0.5) is 10.6 Å². The highest BCUT2D eigenvalue weighted by Gasteiger charge is 2.21. The zero-order chi connectivity index (χ0) is 16.9. The molecule has 0 bridgehead atoms. The Hall–Kier alpha value is -1.56. The first-order valence-electron chi connectivity index (χ1n) is 8.61. The maximum atomic E-state index is 11.9. The van der Waals surface area contributed by atoms with E-state index in [0.717, 1.165) is 11.5 Å². The fourth-order valence-corrected chi connectivity index (χ4v) is 3.03. The molecule has 1 aliphatic carbocycles. The Morgan fingerprint density at radius 3 is 2.74 bits per heavy atom. The lowest BCUT2D eigenvalue weighted by molar-refractivity contribution is 0.0635. The summed E-state index contributed by atoms with van der Waals surface area (Å²) in [5.41, 5.74) is 0.427. The number of nitrogens with zero attached hydrogens (tertiary/aromatic N) is 1. The van der Waals surface area contributed by atoms with Crippen molar-refractivity contribution in [3.63, 3.8) is 0 Å². The Morgan fingerprint density at radius 2 is 2.09 bits per heavy atom. The molecule has 2 rings (SSSR count). The molecule has 130 valence electrons. The molecule has 0 aliphatic heterocycles. The molecule has 0 radical (unpaired) electrons. The molecule has 1 aliphatic rings. The summed E-state index contributed by atoms with van der Waals surface area (Å²) in [4.78, 5) is 11.9. The number of nitrogens with one attached hydrogen (secondary N) is 3. The summed E-state index contributed by atoms with van der Waals surface area (Å²) in [6.07, 6.45) is 7.94. The molecule has 1 unspecified atom stereocenters. The summed E-state index contributed by atoms with van der Waals surface area (Å²) in [5.74, 6) is 1.35. The molecule has 6 nitrogen and oxygen atoms in total. The first-order chi connectivity index (χ1) is 10.8. The number of amides is 1. The maximum Gasteiger partial charge on any atom is 0.413 e. The molecule has 6 heteroatoms. The van der Waals surface area contributed by atoms with Gasteiger partial charge in [-0.05, 0) is 46.5 Å². The normalized spacial score (nSPS) is 17.7. The second kappa shape index (κ2) is 7.81. The van der Waals surface area contributed by atoms with Gasteiger partial charge in [-0.25, -0.2) is 4.79 Å². The zero-order valence-corrected chi connectivity index (χ0v) is 14.7. The molecule has 0 saturated heterocycles. The number of rotatable bonds is 5. The summed E-state index contributed by atoms with van der Waals surface area (Å²) < 4.78 is 5.27. The molecule has 23 heavy (non-hydrogen) atoms. The number of ether oxygens (including phenoxy) is 1. The topological polar surface area (TPSA) is 79.0 Å². The van der Waals surface area contributed by atoms with E-state index in [1.54, 1.807) is 6.20 Å². The van der Waals surface area contributed by atoms with Gasteiger partial charge in [-0.15, -0.1) is 0 Å². The highest BCUT2D eigenvalue weighted by Crippen LogP contribution is 2.26. The number of anilines is 1.